The average Bonchev–Trinajstić information content (AvgIpc) is 2.88. The van der Waals surface area contributed by atoms with E-state index in [0.29, 0.717) is 6.04 Å². The SMILES string of the molecule is CCCN1CCCC(CNC)C1c1ccc(CC)s1. The van der Waals surface area contributed by atoms with Crippen LogP contribution in [0.1, 0.15) is 48.9 Å². The lowest BCUT2D eigenvalue weighted by Crippen LogP contribution is -2.42. The number of aryl methyl sites for hydroxylation is 1. The molecule has 2 heterocycles. The fourth-order valence-corrected chi connectivity index (χ4v) is 4.50. The normalized spacial score (nSPS) is 24.8. The third-order valence-corrected chi connectivity index (χ3v) is 5.46. The predicted octanol–water partition coefficient (Wildman–Crippen LogP) is 3.69. The second kappa shape index (κ2) is 7.41. The molecule has 0 aromatic carbocycles. The summed E-state index contributed by atoms with van der Waals surface area (Å²) in [6, 6.07) is 5.35. The van der Waals surface area contributed by atoms with Gasteiger partial charge in [0.05, 0.1) is 0 Å². The summed E-state index contributed by atoms with van der Waals surface area (Å²) in [6.07, 6.45) is 5.15. The van der Waals surface area contributed by atoms with Crippen molar-refractivity contribution in [3.05, 3.63) is 21.9 Å². The van der Waals surface area contributed by atoms with Gasteiger partial charge >= 0.3 is 0 Å². The largest absolute Gasteiger partial charge is 0.319 e. The highest BCUT2D eigenvalue weighted by molar-refractivity contribution is 7.12. The van der Waals surface area contributed by atoms with Crippen LogP contribution >= 0.6 is 11.3 Å². The molecular weight excluding hydrogens is 252 g/mol. The maximum atomic E-state index is 3.40. The molecule has 0 saturated carbocycles. The zero-order chi connectivity index (χ0) is 13.7. The van der Waals surface area contributed by atoms with Gasteiger partial charge in [0.25, 0.3) is 0 Å². The molecule has 108 valence electrons. The van der Waals surface area contributed by atoms with Crippen molar-refractivity contribution >= 4 is 11.3 Å². The Balaban J connectivity index is 2.20. The van der Waals surface area contributed by atoms with Gasteiger partial charge in [-0.3, -0.25) is 4.90 Å². The van der Waals surface area contributed by atoms with E-state index < -0.39 is 0 Å². The minimum Gasteiger partial charge on any atom is -0.319 e. The molecule has 0 aliphatic carbocycles. The minimum atomic E-state index is 0.645. The number of hydrogen-bond acceptors (Lipinski definition) is 3. The topological polar surface area (TPSA) is 15.3 Å². The Hall–Kier alpha value is -0.380. The molecule has 0 spiro atoms. The maximum Gasteiger partial charge on any atom is 0.0481 e. The van der Waals surface area contributed by atoms with Crippen LogP contribution in [-0.2, 0) is 6.42 Å². The summed E-state index contributed by atoms with van der Waals surface area (Å²) >= 11 is 2.03. The molecule has 2 unspecified atom stereocenters. The summed E-state index contributed by atoms with van der Waals surface area (Å²) in [5.74, 6) is 0.772. The first-order valence-electron chi connectivity index (χ1n) is 7.77. The van der Waals surface area contributed by atoms with Gasteiger partial charge in [0.1, 0.15) is 0 Å². The smallest absolute Gasteiger partial charge is 0.0481 e. The number of hydrogen-bond donors (Lipinski definition) is 1. The monoisotopic (exact) mass is 280 g/mol. The highest BCUT2D eigenvalue weighted by atomic mass is 32.1. The molecule has 2 nitrogen and oxygen atoms in total. The third kappa shape index (κ3) is 3.59. The minimum absolute atomic E-state index is 0.645. The molecule has 19 heavy (non-hydrogen) atoms. The molecule has 1 saturated heterocycles. The molecule has 0 amide bonds. The van der Waals surface area contributed by atoms with Crippen molar-refractivity contribution < 1.29 is 0 Å². The molecule has 0 radical (unpaired) electrons. The maximum absolute atomic E-state index is 3.40. The van der Waals surface area contributed by atoms with Crippen LogP contribution in [0, 0.1) is 5.92 Å². The zero-order valence-electron chi connectivity index (χ0n) is 12.6. The third-order valence-electron chi connectivity index (χ3n) is 4.16. The first-order valence-corrected chi connectivity index (χ1v) is 8.59. The second-order valence-electron chi connectivity index (χ2n) is 5.60. The molecule has 2 atom stereocenters. The van der Waals surface area contributed by atoms with Crippen LogP contribution in [0.15, 0.2) is 12.1 Å². The van der Waals surface area contributed by atoms with Crippen LogP contribution < -0.4 is 5.32 Å². The van der Waals surface area contributed by atoms with Crippen molar-refractivity contribution in [2.75, 3.05) is 26.7 Å². The molecule has 1 aromatic rings. The van der Waals surface area contributed by atoms with Crippen LogP contribution in [0.5, 0.6) is 0 Å². The summed E-state index contributed by atoms with van der Waals surface area (Å²) in [6.45, 7) is 8.21. The van der Waals surface area contributed by atoms with E-state index in [4.69, 9.17) is 0 Å². The van der Waals surface area contributed by atoms with Crippen molar-refractivity contribution in [3.8, 4) is 0 Å². The molecule has 1 N–H and O–H groups in total. The summed E-state index contributed by atoms with van der Waals surface area (Å²) in [5.41, 5.74) is 0. The molecule has 1 fully saturated rings. The van der Waals surface area contributed by atoms with Gasteiger partial charge in [-0.2, -0.15) is 0 Å². The average molecular weight is 280 g/mol. The quantitative estimate of drug-likeness (QED) is 0.855. The number of rotatable bonds is 6. The number of nitrogens with zero attached hydrogens (tertiary/aromatic N) is 1. The number of nitrogens with one attached hydrogen (secondary N) is 1. The molecule has 1 aliphatic rings. The van der Waals surface area contributed by atoms with E-state index in [0.717, 1.165) is 12.5 Å². The van der Waals surface area contributed by atoms with Crippen molar-refractivity contribution in [2.45, 2.75) is 45.6 Å². The summed E-state index contributed by atoms with van der Waals surface area (Å²) < 4.78 is 0. The van der Waals surface area contributed by atoms with Gasteiger partial charge < -0.3 is 5.32 Å². The molecule has 3 heteroatoms. The second-order valence-corrected chi connectivity index (χ2v) is 6.80. The van der Waals surface area contributed by atoms with Gasteiger partial charge in [0, 0.05) is 15.8 Å². The van der Waals surface area contributed by atoms with E-state index in [1.807, 2.05) is 11.3 Å². The summed E-state index contributed by atoms with van der Waals surface area (Å²) in [5, 5.41) is 3.40. The van der Waals surface area contributed by atoms with E-state index in [1.165, 1.54) is 43.6 Å². The number of piperidine rings is 1. The van der Waals surface area contributed by atoms with Gasteiger partial charge in [-0.25, -0.2) is 0 Å². The van der Waals surface area contributed by atoms with E-state index >= 15 is 0 Å². The Morgan fingerprint density at radius 1 is 1.37 bits per heavy atom. The molecular formula is C16H28N2S. The Morgan fingerprint density at radius 3 is 2.84 bits per heavy atom. The fraction of sp³-hybridized carbons (Fsp3) is 0.750. The Bertz CT molecular complexity index is 357. The summed E-state index contributed by atoms with van der Waals surface area (Å²) in [4.78, 5) is 5.84. The highest BCUT2D eigenvalue weighted by Crippen LogP contribution is 2.39. The van der Waals surface area contributed by atoms with E-state index in [2.05, 4.69) is 43.2 Å². The van der Waals surface area contributed by atoms with Crippen LogP contribution in [0.2, 0.25) is 0 Å². The highest BCUT2D eigenvalue weighted by Gasteiger charge is 2.32. The molecule has 0 bridgehead atoms. The lowest BCUT2D eigenvalue weighted by atomic mass is 9.88. The predicted molar refractivity (Wildman–Crippen MR) is 85.0 cm³/mol. The van der Waals surface area contributed by atoms with Gasteiger partial charge in [-0.1, -0.05) is 13.8 Å². The fourth-order valence-electron chi connectivity index (χ4n) is 3.32. The van der Waals surface area contributed by atoms with E-state index in [1.54, 1.807) is 4.88 Å². The molecule has 2 rings (SSSR count). The van der Waals surface area contributed by atoms with Crippen molar-refractivity contribution in [3.63, 3.8) is 0 Å². The Kier molecular flexibility index (Phi) is 5.86. The van der Waals surface area contributed by atoms with Crippen molar-refractivity contribution in [2.24, 2.45) is 5.92 Å². The van der Waals surface area contributed by atoms with Gasteiger partial charge in [0.2, 0.25) is 0 Å². The van der Waals surface area contributed by atoms with Crippen LogP contribution in [0.4, 0.5) is 0 Å². The zero-order valence-corrected chi connectivity index (χ0v) is 13.4. The summed E-state index contributed by atoms with van der Waals surface area (Å²) in [7, 11) is 2.09. The van der Waals surface area contributed by atoms with Crippen LogP contribution in [0.25, 0.3) is 0 Å². The lowest BCUT2D eigenvalue weighted by Gasteiger charge is -2.41. The molecule has 1 aliphatic heterocycles. The van der Waals surface area contributed by atoms with Gasteiger partial charge in [-0.15, -0.1) is 11.3 Å². The lowest BCUT2D eigenvalue weighted by molar-refractivity contribution is 0.0949. The number of thiophene rings is 1. The Labute approximate surface area is 122 Å². The standard InChI is InChI=1S/C16H28N2S/c1-4-10-18-11-6-7-13(12-17-3)16(18)15-9-8-14(5-2)19-15/h8-9,13,16-17H,4-7,10-12H2,1-3H3. The van der Waals surface area contributed by atoms with E-state index in [-0.39, 0.29) is 0 Å². The van der Waals surface area contributed by atoms with Crippen molar-refractivity contribution in [1.82, 2.24) is 10.2 Å². The van der Waals surface area contributed by atoms with Crippen molar-refractivity contribution in [1.29, 1.82) is 0 Å². The molecule has 1 aromatic heterocycles. The van der Waals surface area contributed by atoms with Gasteiger partial charge in [-0.05, 0) is 70.4 Å². The van der Waals surface area contributed by atoms with Gasteiger partial charge in [0.15, 0.2) is 0 Å². The van der Waals surface area contributed by atoms with Crippen LogP contribution in [0.3, 0.4) is 0 Å². The van der Waals surface area contributed by atoms with Crippen LogP contribution in [-0.4, -0.2) is 31.6 Å². The number of likely N-dealkylation sites (tertiary alicyclic amines) is 1. The first kappa shape index (κ1) is 15.0. The Morgan fingerprint density at radius 2 is 2.21 bits per heavy atom. The first-order chi connectivity index (χ1) is 9.30. The van der Waals surface area contributed by atoms with E-state index in [9.17, 15) is 0 Å².